The molecule has 4 rings (SSSR count). The van der Waals surface area contributed by atoms with Gasteiger partial charge in [-0.25, -0.2) is 0 Å². The standard InChI is InChI=1S/C27H35N3O7/c1-6-16-21(26(28)35)24(33)22(29(3)4)17-11-14-10-15-13(12-30(5)37-7-2)8-9-18(31)20(15)23(32)19(14)25(34)27(16,17)36/h6,8-9,14,17,22,31-33,36H,7,10-12H2,1-5H3,(H2,28,35)/b16-6-/t14-,17-,22-,27-/m0/s1. The average Bonchev–Trinajstić information content (AvgIpc) is 2.81. The molecule has 37 heavy (non-hydrogen) atoms. The summed E-state index contributed by atoms with van der Waals surface area (Å²) in [5, 5.41) is 46.9. The molecule has 0 saturated heterocycles. The maximum absolute atomic E-state index is 14.1. The predicted molar refractivity (Wildman–Crippen MR) is 136 cm³/mol. The second-order valence-electron chi connectivity index (χ2n) is 10.1. The fourth-order valence-corrected chi connectivity index (χ4v) is 6.43. The molecule has 6 N–H and O–H groups in total. The molecule has 1 fully saturated rings. The molecule has 200 valence electrons. The topological polar surface area (TPSA) is 157 Å². The zero-order valence-corrected chi connectivity index (χ0v) is 21.8. The molecule has 0 unspecified atom stereocenters. The number of carbonyl (C=O) groups excluding carboxylic acids is 2. The fourth-order valence-electron chi connectivity index (χ4n) is 6.43. The number of carbonyl (C=O) groups is 2. The first kappa shape index (κ1) is 26.9. The molecule has 0 aliphatic heterocycles. The first-order valence-corrected chi connectivity index (χ1v) is 12.3. The molecule has 4 atom stereocenters. The second-order valence-corrected chi connectivity index (χ2v) is 10.1. The molecule has 0 heterocycles. The number of allylic oxidation sites excluding steroid dienone is 1. The summed E-state index contributed by atoms with van der Waals surface area (Å²) in [6.45, 7) is 4.29. The summed E-state index contributed by atoms with van der Waals surface area (Å²) in [6, 6.07) is 2.36. The molecule has 10 heteroatoms. The van der Waals surface area contributed by atoms with Crippen LogP contribution in [0.1, 0.15) is 37.0 Å². The number of primary amides is 1. The van der Waals surface area contributed by atoms with Crippen LogP contribution in [0.15, 0.2) is 40.7 Å². The third kappa shape index (κ3) is 3.95. The number of rotatable bonds is 6. The van der Waals surface area contributed by atoms with Crippen molar-refractivity contribution in [1.29, 1.82) is 0 Å². The molecule has 1 amide bonds. The van der Waals surface area contributed by atoms with Gasteiger partial charge < -0.3 is 26.2 Å². The lowest BCUT2D eigenvalue weighted by Gasteiger charge is -2.52. The summed E-state index contributed by atoms with van der Waals surface area (Å²) in [7, 11) is 5.15. The van der Waals surface area contributed by atoms with E-state index in [1.165, 1.54) is 12.1 Å². The summed E-state index contributed by atoms with van der Waals surface area (Å²) < 4.78 is 0. The Labute approximate surface area is 215 Å². The highest BCUT2D eigenvalue weighted by atomic mass is 16.7. The molecule has 0 aromatic heterocycles. The smallest absolute Gasteiger partial charge is 0.252 e. The lowest BCUT2D eigenvalue weighted by Crippen LogP contribution is -2.63. The summed E-state index contributed by atoms with van der Waals surface area (Å²) >= 11 is 0. The zero-order chi connectivity index (χ0) is 27.4. The van der Waals surface area contributed by atoms with E-state index in [-0.39, 0.29) is 40.2 Å². The number of amides is 1. The minimum Gasteiger partial charge on any atom is -0.510 e. The lowest BCUT2D eigenvalue weighted by molar-refractivity contribution is -0.144. The lowest BCUT2D eigenvalue weighted by atomic mass is 9.55. The summed E-state index contributed by atoms with van der Waals surface area (Å²) in [4.78, 5) is 33.7. The van der Waals surface area contributed by atoms with Gasteiger partial charge in [0, 0.05) is 30.7 Å². The van der Waals surface area contributed by atoms with Crippen LogP contribution in [0.5, 0.6) is 5.75 Å². The summed E-state index contributed by atoms with van der Waals surface area (Å²) in [5.41, 5.74) is 4.67. The molecule has 0 bridgehead atoms. The average molecular weight is 514 g/mol. The Hall–Kier alpha value is -3.18. The van der Waals surface area contributed by atoms with E-state index in [0.29, 0.717) is 25.1 Å². The van der Waals surface area contributed by atoms with E-state index in [2.05, 4.69) is 0 Å². The number of likely N-dealkylation sites (N-methyl/N-ethyl adjacent to an activating group) is 1. The van der Waals surface area contributed by atoms with E-state index in [1.54, 1.807) is 44.1 Å². The Morgan fingerprint density at radius 1 is 1.24 bits per heavy atom. The molecule has 3 aliphatic carbocycles. The Bertz CT molecular complexity index is 1250. The number of hydroxylamine groups is 2. The molecule has 10 nitrogen and oxygen atoms in total. The number of ketones is 1. The van der Waals surface area contributed by atoms with Crippen molar-refractivity contribution in [3.05, 3.63) is 57.4 Å². The normalized spacial score (nSPS) is 28.6. The van der Waals surface area contributed by atoms with Gasteiger partial charge in [0.2, 0.25) is 0 Å². The number of aliphatic hydroxyl groups is 3. The van der Waals surface area contributed by atoms with Crippen molar-refractivity contribution in [3.8, 4) is 5.75 Å². The van der Waals surface area contributed by atoms with Gasteiger partial charge in [-0.05, 0) is 63.9 Å². The Morgan fingerprint density at radius 2 is 1.92 bits per heavy atom. The second kappa shape index (κ2) is 9.60. The van der Waals surface area contributed by atoms with Gasteiger partial charge >= 0.3 is 0 Å². The largest absolute Gasteiger partial charge is 0.510 e. The number of phenols is 1. The Morgan fingerprint density at radius 3 is 2.49 bits per heavy atom. The highest BCUT2D eigenvalue weighted by molar-refractivity contribution is 6.13. The van der Waals surface area contributed by atoms with Crippen LogP contribution in [0.3, 0.4) is 0 Å². The van der Waals surface area contributed by atoms with E-state index in [9.17, 15) is 30.0 Å². The highest BCUT2D eigenvalue weighted by Gasteiger charge is 2.62. The van der Waals surface area contributed by atoms with Crippen LogP contribution < -0.4 is 5.73 Å². The molecule has 0 spiro atoms. The maximum Gasteiger partial charge on any atom is 0.252 e. The van der Waals surface area contributed by atoms with Crippen molar-refractivity contribution in [2.24, 2.45) is 17.6 Å². The van der Waals surface area contributed by atoms with Crippen LogP contribution >= 0.6 is 0 Å². The quantitative estimate of drug-likeness (QED) is 0.357. The van der Waals surface area contributed by atoms with E-state index < -0.39 is 40.9 Å². The number of phenolic OH excluding ortho intramolecular Hbond substituents is 1. The Kier molecular flexibility index (Phi) is 6.98. The SMILES string of the molecule is C/C=C1/C(C(N)=O)=C(O)[C@@H](N(C)C)[C@@H]2C[C@@H]3Cc4c(CN(C)OCC)ccc(O)c4C(O)=C3C(=O)[C@]12O. The van der Waals surface area contributed by atoms with Gasteiger partial charge in [-0.3, -0.25) is 19.3 Å². The van der Waals surface area contributed by atoms with E-state index >= 15 is 0 Å². The Balaban J connectivity index is 1.92. The van der Waals surface area contributed by atoms with Gasteiger partial charge in [-0.15, -0.1) is 0 Å². The van der Waals surface area contributed by atoms with Crippen molar-refractivity contribution in [1.82, 2.24) is 9.96 Å². The van der Waals surface area contributed by atoms with Crippen LogP contribution in [0.2, 0.25) is 0 Å². The number of nitrogens with zero attached hydrogens (tertiary/aromatic N) is 2. The highest BCUT2D eigenvalue weighted by Crippen LogP contribution is 2.54. The van der Waals surface area contributed by atoms with Gasteiger partial charge in [0.05, 0.1) is 23.8 Å². The number of aromatic hydroxyl groups is 1. The van der Waals surface area contributed by atoms with Gasteiger partial charge in [-0.1, -0.05) is 12.1 Å². The van der Waals surface area contributed by atoms with Gasteiger partial charge in [-0.2, -0.15) is 5.06 Å². The first-order valence-electron chi connectivity index (χ1n) is 12.3. The molecular formula is C27H35N3O7. The van der Waals surface area contributed by atoms with Crippen LogP contribution in [0.25, 0.3) is 5.76 Å². The van der Waals surface area contributed by atoms with Crippen molar-refractivity contribution >= 4 is 17.4 Å². The number of fused-ring (bicyclic) bond motifs is 3. The molecule has 3 aliphatic rings. The van der Waals surface area contributed by atoms with Crippen LogP contribution in [0, 0.1) is 11.8 Å². The molecule has 1 aromatic rings. The summed E-state index contributed by atoms with van der Waals surface area (Å²) in [5.74, 6) is -3.91. The zero-order valence-electron chi connectivity index (χ0n) is 21.8. The number of hydrogen-bond donors (Lipinski definition) is 5. The predicted octanol–water partition coefficient (Wildman–Crippen LogP) is 1.72. The minimum absolute atomic E-state index is 0.000992. The third-order valence-electron chi connectivity index (χ3n) is 7.84. The van der Waals surface area contributed by atoms with E-state index in [0.717, 1.165) is 5.56 Å². The number of hydrogen-bond acceptors (Lipinski definition) is 9. The van der Waals surface area contributed by atoms with E-state index in [1.807, 2.05) is 6.92 Å². The van der Waals surface area contributed by atoms with Crippen LogP contribution in [0.4, 0.5) is 0 Å². The van der Waals surface area contributed by atoms with Crippen LogP contribution in [-0.2, 0) is 27.4 Å². The molecular weight excluding hydrogens is 478 g/mol. The number of aliphatic hydroxyl groups excluding tert-OH is 2. The van der Waals surface area contributed by atoms with Crippen molar-refractivity contribution in [2.75, 3.05) is 27.7 Å². The fraction of sp³-hybridized carbons (Fsp3) is 0.481. The van der Waals surface area contributed by atoms with Crippen LogP contribution in [-0.4, -0.2) is 81.5 Å². The van der Waals surface area contributed by atoms with Crippen molar-refractivity contribution < 1.29 is 34.9 Å². The van der Waals surface area contributed by atoms with Crippen molar-refractivity contribution in [2.45, 2.75) is 44.9 Å². The number of Topliss-reactive ketones (excluding diaryl/α,β-unsaturated/α-hetero) is 1. The monoisotopic (exact) mass is 513 g/mol. The molecule has 1 aromatic carbocycles. The number of benzene rings is 1. The van der Waals surface area contributed by atoms with Crippen molar-refractivity contribution in [3.63, 3.8) is 0 Å². The van der Waals surface area contributed by atoms with Gasteiger partial charge in [0.15, 0.2) is 11.4 Å². The van der Waals surface area contributed by atoms with Gasteiger partial charge in [0.1, 0.15) is 17.3 Å². The minimum atomic E-state index is -2.21. The third-order valence-corrected chi connectivity index (χ3v) is 7.84. The first-order chi connectivity index (χ1) is 17.4. The maximum atomic E-state index is 14.1. The van der Waals surface area contributed by atoms with E-state index in [4.69, 9.17) is 10.6 Å². The number of nitrogens with two attached hydrogens (primary N) is 1. The summed E-state index contributed by atoms with van der Waals surface area (Å²) in [6.07, 6.45) is 1.96. The molecule has 0 radical (unpaired) electrons. The van der Waals surface area contributed by atoms with Gasteiger partial charge in [0.25, 0.3) is 5.91 Å². The molecule has 1 saturated carbocycles.